The molecule has 0 saturated heterocycles. The maximum Gasteiger partial charge on any atom is 0.161 e. The third-order valence-corrected chi connectivity index (χ3v) is 6.28. The van der Waals surface area contributed by atoms with E-state index in [1.54, 1.807) is 42.9 Å². The summed E-state index contributed by atoms with van der Waals surface area (Å²) in [4.78, 5) is 20.9. The number of aromatic nitrogens is 7. The molecule has 5 heterocycles. The Kier molecular flexibility index (Phi) is 5.64. The molecule has 0 fully saturated rings. The monoisotopic (exact) mass is 508 g/mol. The average Bonchev–Trinajstić information content (AvgIpc) is 3.53. The predicted octanol–water partition coefficient (Wildman–Crippen LogP) is 6.49. The Morgan fingerprint density at radius 1 is 0.947 bits per heavy atom. The molecule has 0 unspecified atom stereocenters. The summed E-state index contributed by atoms with van der Waals surface area (Å²) in [7, 11) is 0. The van der Waals surface area contributed by atoms with Gasteiger partial charge in [0.2, 0.25) is 0 Å². The molecular formula is C28H22F2N8. The van der Waals surface area contributed by atoms with Crippen LogP contribution in [0.4, 0.5) is 14.5 Å². The zero-order valence-electron chi connectivity index (χ0n) is 20.5. The van der Waals surface area contributed by atoms with Gasteiger partial charge >= 0.3 is 0 Å². The number of pyridine rings is 3. The van der Waals surface area contributed by atoms with Crippen molar-refractivity contribution in [3.8, 4) is 34.0 Å². The molecule has 0 radical (unpaired) electrons. The number of allylic oxidation sites excluding steroid dienone is 1. The van der Waals surface area contributed by atoms with Gasteiger partial charge in [0.25, 0.3) is 0 Å². The highest BCUT2D eigenvalue weighted by molar-refractivity contribution is 5.97. The lowest BCUT2D eigenvalue weighted by atomic mass is 10.1. The highest BCUT2D eigenvalue weighted by atomic mass is 19.1. The van der Waals surface area contributed by atoms with E-state index in [2.05, 4.69) is 47.0 Å². The molecule has 10 heteroatoms. The quantitative estimate of drug-likeness (QED) is 0.237. The van der Waals surface area contributed by atoms with Crippen LogP contribution in [0.1, 0.15) is 13.8 Å². The molecule has 0 aliphatic heterocycles. The van der Waals surface area contributed by atoms with Crippen LogP contribution in [-0.4, -0.2) is 35.1 Å². The van der Waals surface area contributed by atoms with Gasteiger partial charge in [0, 0.05) is 29.2 Å². The first-order valence-corrected chi connectivity index (χ1v) is 11.9. The standard InChI is InChI=1S/C28H22F2N8/c1-14(2)15(3)34-19-10-17(11-31-12-19)24-23(30)22-21(13-33-24)37-38-27(22)28-35-20-7-8-32-25(26(20)36-28)16-5-4-6-18(29)9-16/h4-14,34H,3H2,1-2H3,(H,35,36)(H,37,38). The van der Waals surface area contributed by atoms with Crippen LogP contribution in [0.15, 0.2) is 73.5 Å². The van der Waals surface area contributed by atoms with Gasteiger partial charge in [-0.1, -0.05) is 32.6 Å². The number of nitrogens with one attached hydrogen (secondary N) is 3. The number of rotatable bonds is 6. The zero-order chi connectivity index (χ0) is 26.4. The second-order valence-electron chi connectivity index (χ2n) is 9.20. The fourth-order valence-corrected chi connectivity index (χ4v) is 4.21. The number of hydrogen-bond donors (Lipinski definition) is 3. The van der Waals surface area contributed by atoms with Crippen LogP contribution in [-0.2, 0) is 0 Å². The number of aromatic amines is 2. The van der Waals surface area contributed by atoms with Crippen molar-refractivity contribution < 1.29 is 8.78 Å². The molecule has 0 spiro atoms. The van der Waals surface area contributed by atoms with Crippen molar-refractivity contribution in [1.82, 2.24) is 35.1 Å². The molecule has 0 bridgehead atoms. The van der Waals surface area contributed by atoms with Gasteiger partial charge in [-0.25, -0.2) is 13.8 Å². The third kappa shape index (κ3) is 4.05. The highest BCUT2D eigenvalue weighted by Gasteiger charge is 2.21. The number of nitrogens with zero attached hydrogens (tertiary/aromatic N) is 5. The summed E-state index contributed by atoms with van der Waals surface area (Å²) in [6.45, 7) is 8.07. The summed E-state index contributed by atoms with van der Waals surface area (Å²) >= 11 is 0. The van der Waals surface area contributed by atoms with Crippen molar-refractivity contribution in [2.24, 2.45) is 5.92 Å². The Morgan fingerprint density at radius 2 is 1.82 bits per heavy atom. The Bertz CT molecular complexity index is 1840. The number of fused-ring (bicyclic) bond motifs is 2. The molecule has 8 nitrogen and oxygen atoms in total. The first-order chi connectivity index (χ1) is 18.4. The number of halogens is 2. The molecule has 6 rings (SSSR count). The maximum absolute atomic E-state index is 16.0. The lowest BCUT2D eigenvalue weighted by Gasteiger charge is -2.13. The van der Waals surface area contributed by atoms with Crippen molar-refractivity contribution in [1.29, 1.82) is 0 Å². The van der Waals surface area contributed by atoms with E-state index >= 15 is 4.39 Å². The Morgan fingerprint density at radius 3 is 2.63 bits per heavy atom. The molecule has 0 amide bonds. The second kappa shape index (κ2) is 9.15. The van der Waals surface area contributed by atoms with E-state index in [0.717, 1.165) is 5.70 Å². The summed E-state index contributed by atoms with van der Waals surface area (Å²) in [6.07, 6.45) is 6.34. The van der Waals surface area contributed by atoms with Gasteiger partial charge in [-0.15, -0.1) is 0 Å². The maximum atomic E-state index is 16.0. The number of benzene rings is 1. The van der Waals surface area contributed by atoms with Crippen LogP contribution in [0.5, 0.6) is 0 Å². The molecule has 5 aromatic heterocycles. The molecule has 0 atom stereocenters. The largest absolute Gasteiger partial charge is 0.358 e. The van der Waals surface area contributed by atoms with E-state index in [1.807, 2.05) is 13.8 Å². The topological polar surface area (TPSA) is 108 Å². The number of H-pyrrole nitrogens is 2. The fraction of sp³-hybridized carbons (Fsp3) is 0.107. The number of hydrogen-bond acceptors (Lipinski definition) is 6. The second-order valence-corrected chi connectivity index (χ2v) is 9.20. The van der Waals surface area contributed by atoms with Gasteiger partial charge < -0.3 is 10.3 Å². The van der Waals surface area contributed by atoms with Crippen LogP contribution in [0.25, 0.3) is 56.0 Å². The molecule has 38 heavy (non-hydrogen) atoms. The van der Waals surface area contributed by atoms with Crippen molar-refractivity contribution in [3.63, 3.8) is 0 Å². The molecule has 0 saturated carbocycles. The highest BCUT2D eigenvalue weighted by Crippen LogP contribution is 2.34. The van der Waals surface area contributed by atoms with Crippen LogP contribution in [0, 0.1) is 17.6 Å². The van der Waals surface area contributed by atoms with E-state index in [4.69, 9.17) is 0 Å². The minimum Gasteiger partial charge on any atom is -0.358 e. The third-order valence-electron chi connectivity index (χ3n) is 6.28. The lowest BCUT2D eigenvalue weighted by molar-refractivity contribution is 0.628. The van der Waals surface area contributed by atoms with Gasteiger partial charge in [-0.05, 0) is 30.2 Å². The van der Waals surface area contributed by atoms with E-state index in [1.165, 1.54) is 18.3 Å². The van der Waals surface area contributed by atoms with E-state index in [9.17, 15) is 4.39 Å². The van der Waals surface area contributed by atoms with E-state index in [0.29, 0.717) is 44.9 Å². The summed E-state index contributed by atoms with van der Waals surface area (Å²) in [5, 5.41) is 10.6. The van der Waals surface area contributed by atoms with Crippen molar-refractivity contribution in [2.75, 3.05) is 5.32 Å². The van der Waals surface area contributed by atoms with Gasteiger partial charge in [0.05, 0.1) is 40.2 Å². The molecule has 0 aliphatic rings. The van der Waals surface area contributed by atoms with E-state index in [-0.39, 0.29) is 28.5 Å². The first kappa shape index (κ1) is 23.4. The minimum absolute atomic E-state index is 0.129. The Labute approximate surface area is 215 Å². The first-order valence-electron chi connectivity index (χ1n) is 11.9. The fourth-order valence-electron chi connectivity index (χ4n) is 4.21. The van der Waals surface area contributed by atoms with Crippen molar-refractivity contribution in [3.05, 3.63) is 85.1 Å². The van der Waals surface area contributed by atoms with Crippen LogP contribution in [0.3, 0.4) is 0 Å². The Balaban J connectivity index is 1.45. The predicted molar refractivity (Wildman–Crippen MR) is 143 cm³/mol. The Hall–Kier alpha value is -4.99. The van der Waals surface area contributed by atoms with Gasteiger partial charge in [-0.2, -0.15) is 5.10 Å². The minimum atomic E-state index is -0.558. The molecule has 188 valence electrons. The summed E-state index contributed by atoms with van der Waals surface area (Å²) in [6, 6.07) is 9.66. The summed E-state index contributed by atoms with van der Waals surface area (Å²) < 4.78 is 29.9. The molecule has 6 aromatic rings. The number of anilines is 1. The molecule has 1 aromatic carbocycles. The van der Waals surface area contributed by atoms with Crippen molar-refractivity contribution >= 4 is 27.6 Å². The molecule has 3 N–H and O–H groups in total. The lowest BCUT2D eigenvalue weighted by Crippen LogP contribution is -2.05. The zero-order valence-corrected chi connectivity index (χ0v) is 20.5. The SMILES string of the molecule is C=C(Nc1cncc(-c2ncc3[nH]nc(-c4nc5c(-c6cccc(F)c6)nccc5[nH]4)c3c2F)c1)C(C)C. The molecule has 0 aliphatic carbocycles. The summed E-state index contributed by atoms with van der Waals surface area (Å²) in [5.74, 6) is -0.370. The van der Waals surface area contributed by atoms with Crippen LogP contribution < -0.4 is 5.32 Å². The van der Waals surface area contributed by atoms with Gasteiger partial charge in [0.1, 0.15) is 22.7 Å². The van der Waals surface area contributed by atoms with Crippen molar-refractivity contribution in [2.45, 2.75) is 13.8 Å². The van der Waals surface area contributed by atoms with Gasteiger partial charge in [-0.3, -0.25) is 20.1 Å². The van der Waals surface area contributed by atoms with Crippen LogP contribution in [0.2, 0.25) is 0 Å². The average molecular weight is 509 g/mol. The smallest absolute Gasteiger partial charge is 0.161 e. The normalized spacial score (nSPS) is 11.5. The number of imidazole rings is 1. The molecular weight excluding hydrogens is 486 g/mol. The van der Waals surface area contributed by atoms with E-state index < -0.39 is 5.82 Å². The van der Waals surface area contributed by atoms with Crippen LogP contribution >= 0.6 is 0 Å². The van der Waals surface area contributed by atoms with Gasteiger partial charge in [0.15, 0.2) is 11.6 Å². The summed E-state index contributed by atoms with van der Waals surface area (Å²) in [5.41, 5.74) is 5.11.